The van der Waals surface area contributed by atoms with Gasteiger partial charge in [0.05, 0.1) is 11.6 Å². The van der Waals surface area contributed by atoms with Crippen LogP contribution in [-0.2, 0) is 33.1 Å². The number of primary amides is 1. The number of likely N-dealkylation sites (N-methyl/N-ethyl adjacent to an activating group) is 1. The van der Waals surface area contributed by atoms with Gasteiger partial charge in [0.25, 0.3) is 5.91 Å². The molecule has 6 N–H and O–H groups in total. The molecular weight excluding hydrogens is 546 g/mol. The summed E-state index contributed by atoms with van der Waals surface area (Å²) in [5.74, 6) is -5.77. The number of amides is 1. The molecule has 11 heteroatoms. The number of hydrogen-bond acceptors (Lipinski definition) is 10. The zero-order valence-electron chi connectivity index (χ0n) is 23.1. The lowest BCUT2D eigenvalue weighted by Crippen LogP contribution is -2.65. The van der Waals surface area contributed by atoms with Crippen LogP contribution in [0.4, 0.5) is 0 Å². The van der Waals surface area contributed by atoms with Gasteiger partial charge >= 0.3 is 0 Å². The molecule has 10 nitrogen and oxygen atoms in total. The summed E-state index contributed by atoms with van der Waals surface area (Å²) in [6.45, 7) is 2.56. The van der Waals surface area contributed by atoms with E-state index in [1.165, 1.54) is 23.1 Å². The molecule has 1 aliphatic heterocycles. The van der Waals surface area contributed by atoms with E-state index in [4.69, 9.17) is 5.73 Å². The minimum absolute atomic E-state index is 0. The maximum Gasteiger partial charge on any atom is 0.255 e. The number of Topliss-reactive ketones (excluding diaryl/α,β-unsaturated/α-hetero) is 2. The van der Waals surface area contributed by atoms with Crippen LogP contribution in [0.2, 0.25) is 0 Å². The smallest absolute Gasteiger partial charge is 0.255 e. The van der Waals surface area contributed by atoms with Gasteiger partial charge in [0.15, 0.2) is 11.4 Å². The zero-order valence-corrected chi connectivity index (χ0v) is 23.9. The van der Waals surface area contributed by atoms with E-state index in [1.807, 2.05) is 12.3 Å². The second kappa shape index (κ2) is 11.4. The number of phenolic OH excluding ortho intramolecular Hbond substituents is 1. The van der Waals surface area contributed by atoms with Crippen LogP contribution in [0, 0.1) is 11.8 Å². The van der Waals surface area contributed by atoms with E-state index in [-0.39, 0.29) is 30.7 Å². The van der Waals surface area contributed by atoms with Crippen LogP contribution in [-0.4, -0.2) is 92.8 Å². The van der Waals surface area contributed by atoms with Crippen LogP contribution in [0.3, 0.4) is 0 Å². The Morgan fingerprint density at radius 2 is 1.80 bits per heavy atom. The third-order valence-electron chi connectivity index (χ3n) is 9.03. The third-order valence-corrected chi connectivity index (χ3v) is 9.63. The molecule has 41 heavy (non-hydrogen) atoms. The second-order valence-corrected chi connectivity index (χ2v) is 12.5. The van der Waals surface area contributed by atoms with Crippen molar-refractivity contribution in [3.05, 3.63) is 45.2 Å². The predicted octanol–water partition coefficient (Wildman–Crippen LogP) is 2.45. The van der Waals surface area contributed by atoms with Crippen LogP contribution < -0.4 is 5.73 Å². The van der Waals surface area contributed by atoms with E-state index in [1.54, 1.807) is 14.1 Å². The summed E-state index contributed by atoms with van der Waals surface area (Å²) in [7, 11) is 3.19. The maximum absolute atomic E-state index is 14.1. The van der Waals surface area contributed by atoms with Gasteiger partial charge in [-0.15, -0.1) is 0 Å². The summed E-state index contributed by atoms with van der Waals surface area (Å²) >= 11 is 1.52. The Morgan fingerprint density at radius 3 is 2.39 bits per heavy atom. The fourth-order valence-corrected chi connectivity index (χ4v) is 7.75. The zero-order chi connectivity index (χ0) is 29.1. The third kappa shape index (κ3) is 4.76. The first-order valence-electron chi connectivity index (χ1n) is 13.7. The van der Waals surface area contributed by atoms with E-state index in [2.05, 4.69) is 4.90 Å². The van der Waals surface area contributed by atoms with Crippen LogP contribution in [0.5, 0.6) is 5.75 Å². The Labute approximate surface area is 244 Å². The number of benzene rings is 1. The van der Waals surface area contributed by atoms with Crippen LogP contribution in [0.1, 0.15) is 55.4 Å². The molecule has 224 valence electrons. The number of phenols is 1. The number of fused-ring (bicyclic) bond motifs is 3. The number of nitrogens with zero attached hydrogens (tertiary/aromatic N) is 2. The quantitative estimate of drug-likeness (QED) is 0.312. The Bertz CT molecular complexity index is 1350. The first-order chi connectivity index (χ1) is 18.9. The van der Waals surface area contributed by atoms with Gasteiger partial charge in [0.1, 0.15) is 22.8 Å². The largest absolute Gasteiger partial charge is 0.508 e. The highest BCUT2D eigenvalue weighted by Gasteiger charge is 2.64. The van der Waals surface area contributed by atoms with Crippen molar-refractivity contribution < 1.29 is 34.8 Å². The number of ketones is 2. The van der Waals surface area contributed by atoms with Crippen molar-refractivity contribution in [1.29, 1.82) is 0 Å². The Morgan fingerprint density at radius 1 is 1.15 bits per heavy atom. The predicted molar refractivity (Wildman–Crippen MR) is 157 cm³/mol. The molecule has 1 amide bonds. The normalized spacial score (nSPS) is 28.3. The number of carbonyl (C=O) groups is 3. The SMILES string of the molecule is C.CSCc1cc(CN2CCCCC2)c2c(c1O)C(O)=C1C(=O)[C@]3(O)C(O)=C(C(N)=O)C(=O)[C@@H](N(C)C)[C@@H]3C[C@@H]1C2. The van der Waals surface area contributed by atoms with Crippen molar-refractivity contribution in [2.24, 2.45) is 17.6 Å². The molecule has 3 aliphatic carbocycles. The molecular formula is C30H41N3O7S. The number of carbonyl (C=O) groups excluding carboxylic acids is 3. The molecule has 4 atom stereocenters. The Hall–Kier alpha value is -2.86. The van der Waals surface area contributed by atoms with E-state index in [0.717, 1.165) is 37.1 Å². The summed E-state index contributed by atoms with van der Waals surface area (Å²) in [6, 6.07) is 0.890. The first-order valence-corrected chi connectivity index (χ1v) is 15.0. The van der Waals surface area contributed by atoms with Crippen molar-refractivity contribution in [1.82, 2.24) is 9.80 Å². The number of likely N-dealkylation sites (tertiary alicyclic amines) is 1. The molecule has 4 aliphatic rings. The van der Waals surface area contributed by atoms with Crippen molar-refractivity contribution in [3.8, 4) is 5.75 Å². The molecule has 1 heterocycles. The summed E-state index contributed by atoms with van der Waals surface area (Å²) in [5.41, 5.74) is 4.37. The van der Waals surface area contributed by atoms with E-state index >= 15 is 0 Å². The van der Waals surface area contributed by atoms with Crippen LogP contribution in [0.25, 0.3) is 5.76 Å². The van der Waals surface area contributed by atoms with E-state index < -0.39 is 58.0 Å². The lowest BCUT2D eigenvalue weighted by Gasteiger charge is -2.50. The molecule has 0 unspecified atom stereocenters. The number of hydrogen-bond donors (Lipinski definition) is 5. The van der Waals surface area contributed by atoms with E-state index in [9.17, 15) is 34.8 Å². The highest BCUT2D eigenvalue weighted by Crippen LogP contribution is 2.53. The Balaban J connectivity index is 0.00000387. The molecule has 1 saturated carbocycles. The molecule has 0 radical (unpaired) electrons. The molecule has 0 aromatic heterocycles. The van der Waals surface area contributed by atoms with Crippen molar-refractivity contribution in [2.75, 3.05) is 33.4 Å². The molecule has 2 fully saturated rings. The van der Waals surface area contributed by atoms with Crippen molar-refractivity contribution >= 4 is 35.0 Å². The van der Waals surface area contributed by atoms with Gasteiger partial charge in [-0.1, -0.05) is 13.8 Å². The minimum atomic E-state index is -2.63. The maximum atomic E-state index is 14.1. The number of thioether (sulfide) groups is 1. The van der Waals surface area contributed by atoms with E-state index in [0.29, 0.717) is 24.3 Å². The first kappa shape index (κ1) is 31.1. The summed E-state index contributed by atoms with van der Waals surface area (Å²) in [5, 5.41) is 45.7. The van der Waals surface area contributed by atoms with Gasteiger partial charge < -0.3 is 26.2 Å². The number of aromatic hydroxyl groups is 1. The Kier molecular flexibility index (Phi) is 8.67. The monoisotopic (exact) mass is 587 g/mol. The topological polar surface area (TPSA) is 165 Å². The van der Waals surface area contributed by atoms with Crippen LogP contribution in [0.15, 0.2) is 23.0 Å². The number of rotatable bonds is 6. The molecule has 1 saturated heterocycles. The molecule has 0 bridgehead atoms. The van der Waals surface area contributed by atoms with Gasteiger partial charge in [-0.05, 0) is 82.2 Å². The van der Waals surface area contributed by atoms with Gasteiger partial charge in [-0.3, -0.25) is 24.2 Å². The lowest BCUT2D eigenvalue weighted by molar-refractivity contribution is -0.153. The van der Waals surface area contributed by atoms with Crippen molar-refractivity contribution in [2.45, 2.75) is 63.5 Å². The fourth-order valence-electron chi connectivity index (χ4n) is 7.22. The average molecular weight is 588 g/mol. The number of piperidine rings is 1. The molecule has 1 aromatic rings. The highest BCUT2D eigenvalue weighted by molar-refractivity contribution is 7.97. The standard InChI is InChI=1S/C29H37N3O7S.CH4/c1-31(2)22-18-11-14-10-17-15(12-32-7-5-4-6-8-32)9-16(13-40-3)23(33)20(17)24(34)19(14)26(36)29(18,39)27(37)21(25(22)35)28(30)38;/h9,14,18,22,33-34,37,39H,4-8,10-13H2,1-3H3,(H2,30,38);1H4/t14-,18-,22-,29-;/m0./s1. The second-order valence-electron chi connectivity index (χ2n) is 11.6. The molecule has 1 aromatic carbocycles. The summed E-state index contributed by atoms with van der Waals surface area (Å²) < 4.78 is 0. The number of aliphatic hydroxyl groups excluding tert-OH is 2. The highest BCUT2D eigenvalue weighted by atomic mass is 32.2. The van der Waals surface area contributed by atoms with Crippen molar-refractivity contribution in [3.63, 3.8) is 0 Å². The van der Waals surface area contributed by atoms with Gasteiger partial charge in [-0.25, -0.2) is 0 Å². The average Bonchev–Trinajstić information content (AvgIpc) is 2.89. The van der Waals surface area contributed by atoms with Gasteiger partial charge in [-0.2, -0.15) is 11.8 Å². The fraction of sp³-hybridized carbons (Fsp3) is 0.567. The number of nitrogens with two attached hydrogens (primary N) is 1. The summed E-state index contributed by atoms with van der Waals surface area (Å²) in [6.07, 6.45) is 5.71. The minimum Gasteiger partial charge on any atom is -0.508 e. The lowest BCUT2D eigenvalue weighted by atomic mass is 9.57. The van der Waals surface area contributed by atoms with Crippen LogP contribution >= 0.6 is 11.8 Å². The molecule has 0 spiro atoms. The molecule has 5 rings (SSSR count). The van der Waals surface area contributed by atoms with Gasteiger partial charge in [0, 0.05) is 29.4 Å². The van der Waals surface area contributed by atoms with Gasteiger partial charge in [0.2, 0.25) is 5.78 Å². The number of aliphatic hydroxyl groups is 3. The summed E-state index contributed by atoms with van der Waals surface area (Å²) in [4.78, 5) is 43.4.